The number of aromatic nitrogens is 2. The third-order valence-corrected chi connectivity index (χ3v) is 7.19. The summed E-state index contributed by atoms with van der Waals surface area (Å²) < 4.78 is 0. The number of hydrogen-bond acceptors (Lipinski definition) is 5. The molecule has 4 bridgehead atoms. The Bertz CT molecular complexity index is 912. The molecule has 0 saturated heterocycles. The zero-order valence-corrected chi connectivity index (χ0v) is 16.7. The first-order valence-electron chi connectivity index (χ1n) is 9.91. The molecule has 2 N–H and O–H groups in total. The Morgan fingerprint density at radius 1 is 1.04 bits per heavy atom. The highest BCUT2D eigenvalue weighted by molar-refractivity contribution is 7.07. The van der Waals surface area contributed by atoms with Crippen LogP contribution in [0.5, 0.6) is 0 Å². The van der Waals surface area contributed by atoms with Gasteiger partial charge in [-0.2, -0.15) is 0 Å². The first kappa shape index (κ1) is 17.8. The molecule has 0 aliphatic heterocycles. The smallest absolute Gasteiger partial charge is 0.271 e. The molecule has 6 rings (SSSR count). The van der Waals surface area contributed by atoms with Crippen molar-refractivity contribution in [1.82, 2.24) is 20.6 Å². The van der Waals surface area contributed by atoms with Crippen LogP contribution in [0, 0.1) is 18.8 Å². The molecule has 6 nitrogen and oxygen atoms in total. The first-order chi connectivity index (χ1) is 13.4. The maximum absolute atomic E-state index is 12.9. The minimum atomic E-state index is -0.248. The van der Waals surface area contributed by atoms with Gasteiger partial charge in [0.1, 0.15) is 11.4 Å². The second-order valence-corrected chi connectivity index (χ2v) is 9.69. The zero-order chi connectivity index (χ0) is 19.4. The van der Waals surface area contributed by atoms with E-state index in [0.717, 1.165) is 37.8 Å². The van der Waals surface area contributed by atoms with Crippen molar-refractivity contribution in [2.75, 3.05) is 0 Å². The fraction of sp³-hybridized carbons (Fsp3) is 0.524. The predicted molar refractivity (Wildman–Crippen MR) is 106 cm³/mol. The minimum Gasteiger partial charge on any atom is -0.345 e. The van der Waals surface area contributed by atoms with Gasteiger partial charge in [-0.3, -0.25) is 9.59 Å². The van der Waals surface area contributed by atoms with E-state index in [0.29, 0.717) is 23.2 Å². The van der Waals surface area contributed by atoms with Gasteiger partial charge in [0.25, 0.3) is 11.8 Å². The molecule has 4 saturated carbocycles. The number of carbonyl (C=O) groups is 2. The summed E-state index contributed by atoms with van der Waals surface area (Å²) in [6.45, 7) is 1.89. The van der Waals surface area contributed by atoms with E-state index >= 15 is 0 Å². The number of hydrogen-bond donors (Lipinski definition) is 2. The number of nitrogens with zero attached hydrogens (tertiary/aromatic N) is 2. The van der Waals surface area contributed by atoms with Crippen molar-refractivity contribution in [3.8, 4) is 0 Å². The van der Waals surface area contributed by atoms with Gasteiger partial charge in [0.15, 0.2) is 0 Å². The second-order valence-electron chi connectivity index (χ2n) is 8.97. The quantitative estimate of drug-likeness (QED) is 0.832. The summed E-state index contributed by atoms with van der Waals surface area (Å²) in [7, 11) is 0. The van der Waals surface area contributed by atoms with Crippen molar-refractivity contribution in [3.63, 3.8) is 0 Å². The van der Waals surface area contributed by atoms with Crippen LogP contribution >= 0.6 is 11.3 Å². The van der Waals surface area contributed by atoms with E-state index in [1.807, 2.05) is 19.1 Å². The SMILES string of the molecule is Cc1cccc(C(=O)NC23CC4CC(CC(NC(=O)c5cscn5)(C4)C2)C3)n1. The highest BCUT2D eigenvalue weighted by Gasteiger charge is 2.58. The van der Waals surface area contributed by atoms with Crippen LogP contribution in [-0.4, -0.2) is 32.9 Å². The average Bonchev–Trinajstić information content (AvgIpc) is 3.14. The normalized spacial score (nSPS) is 32.9. The molecule has 28 heavy (non-hydrogen) atoms. The van der Waals surface area contributed by atoms with Crippen LogP contribution in [0.15, 0.2) is 29.1 Å². The van der Waals surface area contributed by atoms with E-state index in [2.05, 4.69) is 20.6 Å². The molecule has 2 aromatic rings. The molecular weight excluding hydrogens is 372 g/mol. The van der Waals surface area contributed by atoms with E-state index in [9.17, 15) is 9.59 Å². The topological polar surface area (TPSA) is 84.0 Å². The van der Waals surface area contributed by atoms with E-state index < -0.39 is 0 Å². The lowest BCUT2D eigenvalue weighted by Crippen LogP contribution is -2.69. The average molecular weight is 397 g/mol. The summed E-state index contributed by atoms with van der Waals surface area (Å²) >= 11 is 1.43. The maximum Gasteiger partial charge on any atom is 0.271 e. The predicted octanol–water partition coefficient (Wildman–Crippen LogP) is 3.10. The number of thiazole rings is 1. The van der Waals surface area contributed by atoms with Crippen LogP contribution in [0.1, 0.15) is 65.2 Å². The Morgan fingerprint density at radius 2 is 1.68 bits per heavy atom. The molecule has 0 spiro atoms. The van der Waals surface area contributed by atoms with Gasteiger partial charge in [-0.1, -0.05) is 6.07 Å². The molecule has 2 amide bonds. The van der Waals surface area contributed by atoms with Gasteiger partial charge >= 0.3 is 0 Å². The van der Waals surface area contributed by atoms with Crippen LogP contribution in [-0.2, 0) is 0 Å². The van der Waals surface area contributed by atoms with Gasteiger partial charge in [-0.25, -0.2) is 9.97 Å². The van der Waals surface area contributed by atoms with Crippen LogP contribution in [0.3, 0.4) is 0 Å². The molecule has 4 fully saturated rings. The molecule has 4 aliphatic carbocycles. The van der Waals surface area contributed by atoms with E-state index in [1.165, 1.54) is 17.8 Å². The van der Waals surface area contributed by atoms with Crippen LogP contribution < -0.4 is 10.6 Å². The van der Waals surface area contributed by atoms with E-state index in [1.54, 1.807) is 17.0 Å². The lowest BCUT2D eigenvalue weighted by Gasteiger charge is -2.62. The van der Waals surface area contributed by atoms with Crippen molar-refractivity contribution in [3.05, 3.63) is 46.2 Å². The van der Waals surface area contributed by atoms with Crippen molar-refractivity contribution >= 4 is 23.2 Å². The summed E-state index contributed by atoms with van der Waals surface area (Å²) in [6, 6.07) is 5.53. The Balaban J connectivity index is 1.38. The van der Waals surface area contributed by atoms with Crippen molar-refractivity contribution in [1.29, 1.82) is 0 Å². The number of carbonyl (C=O) groups excluding carboxylic acids is 2. The highest BCUT2D eigenvalue weighted by atomic mass is 32.1. The number of pyridine rings is 1. The molecule has 0 radical (unpaired) electrons. The molecule has 2 aromatic heterocycles. The van der Waals surface area contributed by atoms with E-state index in [-0.39, 0.29) is 22.9 Å². The zero-order valence-electron chi connectivity index (χ0n) is 15.9. The second kappa shape index (κ2) is 6.37. The lowest BCUT2D eigenvalue weighted by molar-refractivity contribution is -0.0449. The van der Waals surface area contributed by atoms with Gasteiger partial charge in [0.2, 0.25) is 0 Å². The monoisotopic (exact) mass is 396 g/mol. The molecule has 7 heteroatoms. The molecule has 4 aliphatic rings. The lowest BCUT2D eigenvalue weighted by atomic mass is 9.49. The Labute approximate surface area is 168 Å². The Morgan fingerprint density at radius 3 is 2.25 bits per heavy atom. The van der Waals surface area contributed by atoms with E-state index in [4.69, 9.17) is 0 Å². The molecular formula is C21H24N4O2S. The molecule has 0 aromatic carbocycles. The van der Waals surface area contributed by atoms with Gasteiger partial charge in [0.05, 0.1) is 5.51 Å². The standard InChI is InChI=1S/C21H24N4O2S/c1-13-3-2-4-16(23-13)18(26)24-20-6-14-5-15(7-20)9-21(8-14,11-20)25-19(27)17-10-28-12-22-17/h2-4,10,12,14-15H,5-9,11H2,1H3,(H,24,26)(H,25,27). The van der Waals surface area contributed by atoms with Crippen molar-refractivity contribution in [2.45, 2.75) is 56.5 Å². The Hall–Kier alpha value is -2.28. The molecule has 2 heterocycles. The molecule has 146 valence electrons. The highest BCUT2D eigenvalue weighted by Crippen LogP contribution is 2.57. The van der Waals surface area contributed by atoms with Gasteiger partial charge in [-0.15, -0.1) is 11.3 Å². The van der Waals surface area contributed by atoms with Gasteiger partial charge < -0.3 is 10.6 Å². The number of nitrogens with one attached hydrogen (secondary N) is 2. The number of rotatable bonds is 4. The fourth-order valence-corrected chi connectivity index (χ4v) is 6.69. The first-order valence-corrected chi connectivity index (χ1v) is 10.9. The summed E-state index contributed by atoms with van der Waals surface area (Å²) in [5.41, 5.74) is 3.00. The largest absolute Gasteiger partial charge is 0.345 e. The third kappa shape index (κ3) is 3.11. The summed E-state index contributed by atoms with van der Waals surface area (Å²) in [5, 5.41) is 8.44. The third-order valence-electron chi connectivity index (χ3n) is 6.60. The Kier molecular flexibility index (Phi) is 4.05. The summed E-state index contributed by atoms with van der Waals surface area (Å²) in [5.74, 6) is 0.891. The van der Waals surface area contributed by atoms with Crippen LogP contribution in [0.25, 0.3) is 0 Å². The molecule has 2 atom stereocenters. The van der Waals surface area contributed by atoms with Crippen molar-refractivity contribution in [2.24, 2.45) is 11.8 Å². The van der Waals surface area contributed by atoms with Crippen LogP contribution in [0.4, 0.5) is 0 Å². The fourth-order valence-electron chi connectivity index (χ4n) is 6.16. The number of aryl methyl sites for hydroxylation is 1. The summed E-state index contributed by atoms with van der Waals surface area (Å²) in [4.78, 5) is 34.2. The van der Waals surface area contributed by atoms with Crippen LogP contribution in [0.2, 0.25) is 0 Å². The number of amides is 2. The van der Waals surface area contributed by atoms with Crippen molar-refractivity contribution < 1.29 is 9.59 Å². The van der Waals surface area contributed by atoms with Gasteiger partial charge in [-0.05, 0) is 69.4 Å². The summed E-state index contributed by atoms with van der Waals surface area (Å²) in [6.07, 6.45) is 5.99. The maximum atomic E-state index is 12.9. The molecule has 2 unspecified atom stereocenters. The minimum absolute atomic E-state index is 0.0926. The van der Waals surface area contributed by atoms with Gasteiger partial charge in [0, 0.05) is 22.2 Å².